The number of likely N-dealkylation sites (tertiary alicyclic amines) is 1. The van der Waals surface area contributed by atoms with Crippen LogP contribution in [0.5, 0.6) is 0 Å². The van der Waals surface area contributed by atoms with E-state index < -0.39 is 5.60 Å². The predicted molar refractivity (Wildman–Crippen MR) is 66.4 cm³/mol. The van der Waals surface area contributed by atoms with Gasteiger partial charge in [-0.15, -0.1) is 0 Å². The number of piperidine rings is 1. The standard InChI is InChI=1S/C14H20FNO/c1-3-16-8-6-14(17,7-9-16)12-4-5-13(15)11(2)10-12/h4-5,10,17H,3,6-9H2,1-2H3. The van der Waals surface area contributed by atoms with E-state index in [4.69, 9.17) is 0 Å². The molecule has 1 fully saturated rings. The van der Waals surface area contributed by atoms with E-state index in [1.165, 1.54) is 6.07 Å². The molecule has 0 unspecified atom stereocenters. The average Bonchev–Trinajstić information content (AvgIpc) is 2.33. The molecule has 0 atom stereocenters. The van der Waals surface area contributed by atoms with E-state index in [-0.39, 0.29) is 5.82 Å². The van der Waals surface area contributed by atoms with Gasteiger partial charge in [0.1, 0.15) is 5.82 Å². The minimum Gasteiger partial charge on any atom is -0.385 e. The molecule has 1 aromatic carbocycles. The Morgan fingerprint density at radius 1 is 1.35 bits per heavy atom. The van der Waals surface area contributed by atoms with Crippen LogP contribution in [0.4, 0.5) is 4.39 Å². The molecule has 2 rings (SSSR count). The van der Waals surface area contributed by atoms with Crippen LogP contribution < -0.4 is 0 Å². The van der Waals surface area contributed by atoms with Crippen molar-refractivity contribution < 1.29 is 9.50 Å². The van der Waals surface area contributed by atoms with Crippen LogP contribution in [0.25, 0.3) is 0 Å². The van der Waals surface area contributed by atoms with Crippen LogP contribution in [-0.2, 0) is 5.60 Å². The van der Waals surface area contributed by atoms with Gasteiger partial charge in [-0.1, -0.05) is 19.1 Å². The van der Waals surface area contributed by atoms with Crippen LogP contribution in [0.2, 0.25) is 0 Å². The highest BCUT2D eigenvalue weighted by molar-refractivity contribution is 5.29. The Hall–Kier alpha value is -0.930. The summed E-state index contributed by atoms with van der Waals surface area (Å²) in [6, 6.07) is 4.94. The largest absolute Gasteiger partial charge is 0.385 e. The van der Waals surface area contributed by atoms with Gasteiger partial charge in [-0.3, -0.25) is 0 Å². The Kier molecular flexibility index (Phi) is 3.50. The van der Waals surface area contributed by atoms with Gasteiger partial charge in [0, 0.05) is 13.1 Å². The fraction of sp³-hybridized carbons (Fsp3) is 0.571. The predicted octanol–water partition coefficient (Wildman–Crippen LogP) is 2.44. The summed E-state index contributed by atoms with van der Waals surface area (Å²) in [5.41, 5.74) is 0.686. The fourth-order valence-electron chi connectivity index (χ4n) is 2.46. The molecule has 94 valence electrons. The molecule has 0 spiro atoms. The maximum atomic E-state index is 13.2. The molecule has 1 aliphatic heterocycles. The van der Waals surface area contributed by atoms with E-state index in [2.05, 4.69) is 11.8 Å². The van der Waals surface area contributed by atoms with Crippen molar-refractivity contribution in [2.24, 2.45) is 0 Å². The first-order chi connectivity index (χ1) is 8.05. The van der Waals surface area contributed by atoms with Crippen molar-refractivity contribution in [2.75, 3.05) is 19.6 Å². The molecular formula is C14H20FNO. The van der Waals surface area contributed by atoms with Crippen LogP contribution in [0.1, 0.15) is 30.9 Å². The summed E-state index contributed by atoms with van der Waals surface area (Å²) < 4.78 is 13.2. The Morgan fingerprint density at radius 2 is 2.00 bits per heavy atom. The number of aryl methyl sites for hydroxylation is 1. The molecule has 0 amide bonds. The number of nitrogens with zero attached hydrogens (tertiary/aromatic N) is 1. The number of halogens is 1. The number of aliphatic hydroxyl groups is 1. The second-order valence-corrected chi connectivity index (χ2v) is 4.93. The third kappa shape index (κ3) is 2.50. The Labute approximate surface area is 102 Å². The van der Waals surface area contributed by atoms with Crippen molar-refractivity contribution in [2.45, 2.75) is 32.3 Å². The van der Waals surface area contributed by atoms with E-state index in [9.17, 15) is 9.50 Å². The minimum absolute atomic E-state index is 0.205. The number of benzene rings is 1. The first kappa shape index (κ1) is 12.5. The molecule has 0 bridgehead atoms. The Bertz CT molecular complexity index is 397. The molecule has 0 saturated carbocycles. The van der Waals surface area contributed by atoms with Gasteiger partial charge in [-0.25, -0.2) is 4.39 Å². The summed E-state index contributed by atoms with van der Waals surface area (Å²) in [7, 11) is 0. The topological polar surface area (TPSA) is 23.5 Å². The molecule has 1 saturated heterocycles. The molecular weight excluding hydrogens is 217 g/mol. The summed E-state index contributed by atoms with van der Waals surface area (Å²) in [6.07, 6.45) is 1.46. The van der Waals surface area contributed by atoms with Gasteiger partial charge in [0.2, 0.25) is 0 Å². The second kappa shape index (κ2) is 4.75. The van der Waals surface area contributed by atoms with E-state index in [1.54, 1.807) is 19.1 Å². The zero-order valence-electron chi connectivity index (χ0n) is 10.5. The van der Waals surface area contributed by atoms with Crippen molar-refractivity contribution >= 4 is 0 Å². The Morgan fingerprint density at radius 3 is 2.53 bits per heavy atom. The van der Waals surface area contributed by atoms with Crippen LogP contribution >= 0.6 is 0 Å². The number of rotatable bonds is 2. The normalized spacial score (nSPS) is 20.5. The zero-order valence-corrected chi connectivity index (χ0v) is 10.5. The van der Waals surface area contributed by atoms with Crippen molar-refractivity contribution in [1.82, 2.24) is 4.90 Å². The Balaban J connectivity index is 2.18. The monoisotopic (exact) mass is 237 g/mol. The third-order valence-corrected chi connectivity index (χ3v) is 3.83. The summed E-state index contributed by atoms with van der Waals surface area (Å²) >= 11 is 0. The second-order valence-electron chi connectivity index (χ2n) is 4.93. The van der Waals surface area contributed by atoms with Crippen molar-refractivity contribution in [1.29, 1.82) is 0 Å². The molecule has 2 nitrogen and oxygen atoms in total. The first-order valence-electron chi connectivity index (χ1n) is 6.26. The van der Waals surface area contributed by atoms with Crippen LogP contribution in [0, 0.1) is 12.7 Å². The SMILES string of the molecule is CCN1CCC(O)(c2ccc(F)c(C)c2)CC1. The molecule has 0 aromatic heterocycles. The van der Waals surface area contributed by atoms with Crippen molar-refractivity contribution in [3.05, 3.63) is 35.1 Å². The van der Waals surface area contributed by atoms with Crippen LogP contribution in [-0.4, -0.2) is 29.6 Å². The molecule has 1 heterocycles. The summed E-state index contributed by atoms with van der Waals surface area (Å²) in [6.45, 7) is 6.71. The quantitative estimate of drug-likeness (QED) is 0.854. The lowest BCUT2D eigenvalue weighted by molar-refractivity contribution is -0.0247. The lowest BCUT2D eigenvalue weighted by Gasteiger charge is -2.38. The molecule has 3 heteroatoms. The number of hydrogen-bond acceptors (Lipinski definition) is 2. The molecule has 1 aromatic rings. The fourth-order valence-corrected chi connectivity index (χ4v) is 2.46. The van der Waals surface area contributed by atoms with Gasteiger partial charge in [-0.05, 0) is 43.5 Å². The van der Waals surface area contributed by atoms with Gasteiger partial charge < -0.3 is 10.0 Å². The first-order valence-corrected chi connectivity index (χ1v) is 6.26. The lowest BCUT2D eigenvalue weighted by atomic mass is 9.84. The average molecular weight is 237 g/mol. The minimum atomic E-state index is -0.774. The van der Waals surface area contributed by atoms with Gasteiger partial charge >= 0.3 is 0 Å². The lowest BCUT2D eigenvalue weighted by Crippen LogP contribution is -2.42. The summed E-state index contributed by atoms with van der Waals surface area (Å²) in [5, 5.41) is 10.6. The van der Waals surface area contributed by atoms with E-state index in [0.29, 0.717) is 5.56 Å². The van der Waals surface area contributed by atoms with Crippen LogP contribution in [0.15, 0.2) is 18.2 Å². The molecule has 1 aliphatic rings. The zero-order chi connectivity index (χ0) is 12.5. The van der Waals surface area contributed by atoms with Gasteiger partial charge in [0.15, 0.2) is 0 Å². The molecule has 0 radical (unpaired) electrons. The molecule has 17 heavy (non-hydrogen) atoms. The van der Waals surface area contributed by atoms with Gasteiger partial charge in [-0.2, -0.15) is 0 Å². The van der Waals surface area contributed by atoms with E-state index in [0.717, 1.165) is 38.0 Å². The highest BCUT2D eigenvalue weighted by atomic mass is 19.1. The van der Waals surface area contributed by atoms with Crippen molar-refractivity contribution in [3.8, 4) is 0 Å². The molecule has 1 N–H and O–H groups in total. The maximum Gasteiger partial charge on any atom is 0.126 e. The molecule has 0 aliphatic carbocycles. The maximum absolute atomic E-state index is 13.2. The summed E-state index contributed by atoms with van der Waals surface area (Å²) in [4.78, 5) is 2.32. The van der Waals surface area contributed by atoms with E-state index >= 15 is 0 Å². The van der Waals surface area contributed by atoms with Crippen LogP contribution in [0.3, 0.4) is 0 Å². The van der Waals surface area contributed by atoms with E-state index in [1.807, 2.05) is 0 Å². The smallest absolute Gasteiger partial charge is 0.126 e. The van der Waals surface area contributed by atoms with Gasteiger partial charge in [0.05, 0.1) is 5.60 Å². The van der Waals surface area contributed by atoms with Crippen molar-refractivity contribution in [3.63, 3.8) is 0 Å². The highest BCUT2D eigenvalue weighted by Gasteiger charge is 2.33. The third-order valence-electron chi connectivity index (χ3n) is 3.83. The highest BCUT2D eigenvalue weighted by Crippen LogP contribution is 2.33. The van der Waals surface area contributed by atoms with Gasteiger partial charge in [0.25, 0.3) is 0 Å². The summed E-state index contributed by atoms with van der Waals surface area (Å²) in [5.74, 6) is -0.205. The number of hydrogen-bond donors (Lipinski definition) is 1.